The molecule has 0 radical (unpaired) electrons. The summed E-state index contributed by atoms with van der Waals surface area (Å²) < 4.78 is 31.9. The topological polar surface area (TPSA) is 113 Å². The Hall–Kier alpha value is -2.41. The number of esters is 1. The quantitative estimate of drug-likeness (QED) is 0.558. The van der Waals surface area contributed by atoms with E-state index in [-0.39, 0.29) is 28.0 Å². The number of nitrogens with one attached hydrogen (secondary N) is 1. The molecule has 172 valence electrons. The number of amides is 2. The van der Waals surface area contributed by atoms with Gasteiger partial charge in [-0.2, -0.15) is 4.31 Å². The molecule has 9 nitrogen and oxygen atoms in total. The van der Waals surface area contributed by atoms with Crippen LogP contribution in [0, 0.1) is 0 Å². The van der Waals surface area contributed by atoms with Gasteiger partial charge in [0.15, 0.2) is 0 Å². The molecule has 0 unspecified atom stereocenters. The van der Waals surface area contributed by atoms with Gasteiger partial charge in [0, 0.05) is 18.0 Å². The molecule has 1 aromatic carbocycles. The number of carbonyl (C=O) groups is 3. The highest BCUT2D eigenvalue weighted by Gasteiger charge is 2.30. The molecule has 3 rings (SSSR count). The number of nitrogens with zero attached hydrogens (tertiary/aromatic N) is 2. The van der Waals surface area contributed by atoms with E-state index in [9.17, 15) is 22.8 Å². The van der Waals surface area contributed by atoms with E-state index in [1.54, 1.807) is 31.4 Å². The van der Waals surface area contributed by atoms with Crippen LogP contribution < -0.4 is 10.2 Å². The fraction of sp³-hybridized carbons (Fsp3) is 0.350. The molecule has 32 heavy (non-hydrogen) atoms. The number of rotatable bonds is 8. The highest BCUT2D eigenvalue weighted by molar-refractivity contribution is 8.00. The van der Waals surface area contributed by atoms with E-state index < -0.39 is 21.9 Å². The minimum absolute atomic E-state index is 0.0615. The molecule has 1 N–H and O–H groups in total. The van der Waals surface area contributed by atoms with Crippen LogP contribution in [0.15, 0.2) is 39.4 Å². The Labute approximate surface area is 194 Å². The lowest BCUT2D eigenvalue weighted by atomic mass is 10.2. The number of benzene rings is 1. The minimum atomic E-state index is -3.73. The van der Waals surface area contributed by atoms with Crippen molar-refractivity contribution in [2.45, 2.75) is 23.6 Å². The van der Waals surface area contributed by atoms with E-state index in [4.69, 9.17) is 4.74 Å². The molecule has 0 fully saturated rings. The fourth-order valence-corrected chi connectivity index (χ4v) is 6.38. The van der Waals surface area contributed by atoms with Crippen LogP contribution in [0.4, 0.5) is 11.4 Å². The summed E-state index contributed by atoms with van der Waals surface area (Å²) in [5.74, 6) is -1.27. The zero-order valence-corrected chi connectivity index (χ0v) is 20.2. The Bertz CT molecular complexity index is 1140. The lowest BCUT2D eigenvalue weighted by Gasteiger charge is -2.29. The van der Waals surface area contributed by atoms with Gasteiger partial charge in [0.2, 0.25) is 21.8 Å². The first-order valence-electron chi connectivity index (χ1n) is 9.75. The van der Waals surface area contributed by atoms with E-state index in [1.807, 2.05) is 0 Å². The molecule has 2 aromatic rings. The number of hydrogen-bond acceptors (Lipinski definition) is 8. The summed E-state index contributed by atoms with van der Waals surface area (Å²) in [4.78, 5) is 39.4. The van der Waals surface area contributed by atoms with E-state index in [0.717, 1.165) is 11.3 Å². The number of sulfonamides is 1. The van der Waals surface area contributed by atoms with Crippen molar-refractivity contribution in [3.8, 4) is 0 Å². The molecule has 0 spiro atoms. The van der Waals surface area contributed by atoms with Gasteiger partial charge in [-0.05, 0) is 29.6 Å². The van der Waals surface area contributed by atoms with E-state index in [1.165, 1.54) is 40.2 Å². The third-order valence-corrected chi connectivity index (χ3v) is 8.82. The zero-order chi connectivity index (χ0) is 23.5. The molecule has 0 saturated heterocycles. The lowest BCUT2D eigenvalue weighted by Crippen LogP contribution is -2.41. The number of carbonyl (C=O) groups excluding carboxylic acids is 3. The second-order valence-electron chi connectivity index (χ2n) is 6.69. The van der Waals surface area contributed by atoms with Crippen molar-refractivity contribution >= 4 is 62.3 Å². The van der Waals surface area contributed by atoms with E-state index in [0.29, 0.717) is 29.4 Å². The van der Waals surface area contributed by atoms with Gasteiger partial charge in [-0.15, -0.1) is 23.1 Å². The van der Waals surface area contributed by atoms with Crippen LogP contribution in [0.2, 0.25) is 0 Å². The average molecular weight is 498 g/mol. The van der Waals surface area contributed by atoms with Crippen molar-refractivity contribution in [1.29, 1.82) is 0 Å². The van der Waals surface area contributed by atoms with Gasteiger partial charge >= 0.3 is 5.97 Å². The number of thiophene rings is 1. The number of ether oxygens (including phenoxy) is 1. The minimum Gasteiger partial charge on any atom is -0.465 e. The normalized spacial score (nSPS) is 13.8. The van der Waals surface area contributed by atoms with Gasteiger partial charge in [-0.1, -0.05) is 13.8 Å². The standard InChI is InChI=1S/C20H23N3O6S3/c1-4-22(5-2)32(27,28)13-6-7-16-15(10-13)23(18(25)12-31-16)11-17(24)21-14-8-9-30-19(14)20(26)29-3/h6-10H,4-5,11-12H2,1-3H3,(H,21,24). The molecule has 0 saturated carbocycles. The second-order valence-corrected chi connectivity index (χ2v) is 10.6. The summed E-state index contributed by atoms with van der Waals surface area (Å²) in [6, 6.07) is 6.18. The molecule has 12 heteroatoms. The molecule has 0 aliphatic carbocycles. The maximum absolute atomic E-state index is 12.9. The molecule has 0 bridgehead atoms. The summed E-state index contributed by atoms with van der Waals surface area (Å²) in [6.07, 6.45) is 0. The number of anilines is 2. The molecular formula is C20H23N3O6S3. The largest absolute Gasteiger partial charge is 0.465 e. The summed E-state index contributed by atoms with van der Waals surface area (Å²) in [5, 5.41) is 4.27. The summed E-state index contributed by atoms with van der Waals surface area (Å²) in [5.41, 5.74) is 0.664. The molecule has 1 aromatic heterocycles. The summed E-state index contributed by atoms with van der Waals surface area (Å²) in [6.45, 7) is 3.82. The molecule has 2 amide bonds. The number of methoxy groups -OCH3 is 1. The number of thioether (sulfide) groups is 1. The van der Waals surface area contributed by atoms with Gasteiger partial charge in [-0.25, -0.2) is 13.2 Å². The Morgan fingerprint density at radius 2 is 1.94 bits per heavy atom. The monoisotopic (exact) mass is 497 g/mol. The van der Waals surface area contributed by atoms with Crippen molar-refractivity contribution in [3.63, 3.8) is 0 Å². The predicted molar refractivity (Wildman–Crippen MR) is 124 cm³/mol. The first kappa shape index (κ1) is 24.2. The second kappa shape index (κ2) is 10.0. The van der Waals surface area contributed by atoms with Crippen LogP contribution in [-0.2, 0) is 24.3 Å². The van der Waals surface area contributed by atoms with Gasteiger partial charge in [0.1, 0.15) is 11.4 Å². The van der Waals surface area contributed by atoms with Gasteiger partial charge in [-0.3, -0.25) is 9.59 Å². The van der Waals surface area contributed by atoms with Crippen LogP contribution in [-0.4, -0.2) is 63.0 Å². The predicted octanol–water partition coefficient (Wildman–Crippen LogP) is 2.64. The third kappa shape index (κ3) is 4.82. The Balaban J connectivity index is 1.88. The van der Waals surface area contributed by atoms with Crippen LogP contribution in [0.1, 0.15) is 23.5 Å². The molecule has 0 atom stereocenters. The van der Waals surface area contributed by atoms with Crippen LogP contribution >= 0.6 is 23.1 Å². The molecular weight excluding hydrogens is 474 g/mol. The Kier molecular flexibility index (Phi) is 7.59. The van der Waals surface area contributed by atoms with Gasteiger partial charge in [0.05, 0.1) is 29.1 Å². The molecule has 1 aliphatic heterocycles. The van der Waals surface area contributed by atoms with Crippen molar-refractivity contribution in [2.75, 3.05) is 42.7 Å². The first-order valence-corrected chi connectivity index (χ1v) is 13.1. The zero-order valence-electron chi connectivity index (χ0n) is 17.8. The summed E-state index contributed by atoms with van der Waals surface area (Å²) in [7, 11) is -2.48. The van der Waals surface area contributed by atoms with Gasteiger partial charge in [0.25, 0.3) is 0 Å². The lowest BCUT2D eigenvalue weighted by molar-refractivity contribution is -0.120. The average Bonchev–Trinajstić information content (AvgIpc) is 3.23. The number of fused-ring (bicyclic) bond motifs is 1. The maximum atomic E-state index is 12.9. The maximum Gasteiger partial charge on any atom is 0.350 e. The van der Waals surface area contributed by atoms with Crippen molar-refractivity contribution in [2.24, 2.45) is 0 Å². The third-order valence-electron chi connectivity index (χ3n) is 4.83. The highest BCUT2D eigenvalue weighted by atomic mass is 32.2. The van der Waals surface area contributed by atoms with Crippen LogP contribution in [0.5, 0.6) is 0 Å². The molecule has 2 heterocycles. The van der Waals surface area contributed by atoms with E-state index >= 15 is 0 Å². The Morgan fingerprint density at radius 1 is 1.22 bits per heavy atom. The highest BCUT2D eigenvalue weighted by Crippen LogP contribution is 2.37. The summed E-state index contributed by atoms with van der Waals surface area (Å²) >= 11 is 2.42. The van der Waals surface area contributed by atoms with Crippen LogP contribution in [0.25, 0.3) is 0 Å². The smallest absolute Gasteiger partial charge is 0.350 e. The van der Waals surface area contributed by atoms with Crippen molar-refractivity contribution < 1.29 is 27.5 Å². The Morgan fingerprint density at radius 3 is 2.59 bits per heavy atom. The molecule has 1 aliphatic rings. The van der Waals surface area contributed by atoms with Crippen molar-refractivity contribution in [1.82, 2.24) is 4.31 Å². The van der Waals surface area contributed by atoms with E-state index in [2.05, 4.69) is 5.32 Å². The number of hydrogen-bond donors (Lipinski definition) is 1. The van der Waals surface area contributed by atoms with Crippen molar-refractivity contribution in [3.05, 3.63) is 34.5 Å². The fourth-order valence-electron chi connectivity index (χ4n) is 3.22. The van der Waals surface area contributed by atoms with Gasteiger partial charge < -0.3 is 15.0 Å². The SMILES string of the molecule is CCN(CC)S(=O)(=O)c1ccc2c(c1)N(CC(=O)Nc1ccsc1C(=O)OC)C(=O)CS2. The first-order chi connectivity index (χ1) is 15.2. The van der Waals surface area contributed by atoms with Crippen LogP contribution in [0.3, 0.4) is 0 Å².